The van der Waals surface area contributed by atoms with Gasteiger partial charge in [0.15, 0.2) is 0 Å². The summed E-state index contributed by atoms with van der Waals surface area (Å²) in [5.41, 5.74) is -2.92. The number of alkyl halides is 3. The maximum absolute atomic E-state index is 13.6. The van der Waals surface area contributed by atoms with Crippen molar-refractivity contribution in [1.82, 2.24) is 24.6 Å². The predicted octanol–water partition coefficient (Wildman–Crippen LogP) is 3.58. The van der Waals surface area contributed by atoms with Gasteiger partial charge in [0.1, 0.15) is 23.2 Å². The average molecular weight is 592 g/mol. The van der Waals surface area contributed by atoms with Gasteiger partial charge in [-0.2, -0.15) is 38.2 Å². The molecule has 15 heteroatoms. The van der Waals surface area contributed by atoms with Crippen LogP contribution in [0.4, 0.5) is 23.8 Å². The van der Waals surface area contributed by atoms with E-state index in [9.17, 15) is 32.6 Å². The van der Waals surface area contributed by atoms with Gasteiger partial charge < -0.3 is 19.1 Å². The minimum atomic E-state index is -4.64. The van der Waals surface area contributed by atoms with E-state index in [0.717, 1.165) is 10.7 Å². The van der Waals surface area contributed by atoms with Gasteiger partial charge in [0.05, 0.1) is 41.4 Å². The van der Waals surface area contributed by atoms with E-state index >= 15 is 0 Å². The summed E-state index contributed by atoms with van der Waals surface area (Å²) in [6, 6.07) is 4.93. The molecule has 0 aliphatic carbocycles. The summed E-state index contributed by atoms with van der Waals surface area (Å²) in [5.74, 6) is 0.212. The van der Waals surface area contributed by atoms with E-state index in [0.29, 0.717) is 0 Å². The summed E-state index contributed by atoms with van der Waals surface area (Å²) >= 11 is -1.72. The van der Waals surface area contributed by atoms with E-state index in [2.05, 4.69) is 21.1 Å². The molecule has 41 heavy (non-hydrogen) atoms. The molecule has 2 unspecified atom stereocenters. The van der Waals surface area contributed by atoms with Crippen LogP contribution in [0, 0.1) is 18.3 Å². The molecule has 11 nitrogen and oxygen atoms in total. The number of carbonyl (C=O) groups excluding carboxylic acids is 1. The molecule has 3 heterocycles. The second kappa shape index (κ2) is 11.2. The van der Waals surface area contributed by atoms with Crippen molar-refractivity contribution in [2.24, 2.45) is 0 Å². The maximum Gasteiger partial charge on any atom is 0.416 e. The second-order valence-electron chi connectivity index (χ2n) is 10.5. The lowest BCUT2D eigenvalue weighted by Gasteiger charge is -2.41. The highest BCUT2D eigenvalue weighted by molar-refractivity contribution is 7.90. The first-order chi connectivity index (χ1) is 19.1. The van der Waals surface area contributed by atoms with Crippen molar-refractivity contribution in [3.8, 4) is 11.8 Å². The van der Waals surface area contributed by atoms with Crippen LogP contribution in [0.5, 0.6) is 0 Å². The summed E-state index contributed by atoms with van der Waals surface area (Å²) < 4.78 is 59.3. The minimum absolute atomic E-state index is 0.00873. The zero-order valence-electron chi connectivity index (χ0n) is 23.0. The van der Waals surface area contributed by atoms with E-state index in [1.165, 1.54) is 36.4 Å². The summed E-state index contributed by atoms with van der Waals surface area (Å²) in [5, 5.41) is 13.6. The molecule has 218 valence electrons. The van der Waals surface area contributed by atoms with E-state index in [1.807, 2.05) is 0 Å². The number of hydrogen-bond donors (Lipinski definition) is 0. The topological polar surface area (TPSA) is 140 Å². The van der Waals surface area contributed by atoms with Crippen LogP contribution < -0.4 is 10.5 Å². The molecule has 0 radical (unpaired) electrons. The minimum Gasteiger partial charge on any atom is -0.609 e. The van der Waals surface area contributed by atoms with Gasteiger partial charge >= 0.3 is 17.4 Å². The van der Waals surface area contributed by atoms with E-state index < -0.39 is 46.2 Å². The Bertz CT molecular complexity index is 1580. The second-order valence-corrected chi connectivity index (χ2v) is 11.8. The van der Waals surface area contributed by atoms with E-state index in [4.69, 9.17) is 4.74 Å². The van der Waals surface area contributed by atoms with Crippen molar-refractivity contribution in [3.63, 3.8) is 0 Å². The third-order valence-corrected chi connectivity index (χ3v) is 7.13. The monoisotopic (exact) mass is 591 g/mol. The Kier molecular flexibility index (Phi) is 8.19. The molecular formula is C26H28F3N7O4S. The molecule has 1 fully saturated rings. The van der Waals surface area contributed by atoms with Crippen LogP contribution in [0.2, 0.25) is 0 Å². The molecule has 1 amide bonds. The van der Waals surface area contributed by atoms with Crippen molar-refractivity contribution in [2.75, 3.05) is 30.8 Å². The van der Waals surface area contributed by atoms with Crippen LogP contribution in [0.25, 0.3) is 16.6 Å². The molecule has 1 aliphatic rings. The van der Waals surface area contributed by atoms with Crippen LogP contribution in [-0.4, -0.2) is 72.8 Å². The zero-order chi connectivity index (χ0) is 30.3. The van der Waals surface area contributed by atoms with Crippen LogP contribution in [0.15, 0.2) is 34.3 Å². The molecule has 0 spiro atoms. The molecule has 2 atom stereocenters. The molecule has 0 bridgehead atoms. The first kappa shape index (κ1) is 30.1. The highest BCUT2D eigenvalue weighted by Gasteiger charge is 2.36. The SMILES string of the molecule is Cc1c(-n2ncc3c(N4CCN(C(=O)OC(C)(C)C)C(CC#N)C4)nc([S+](C)[O-])nc3c2=O)cccc1C(F)(F)F. The quantitative estimate of drug-likeness (QED) is 0.329. The summed E-state index contributed by atoms with van der Waals surface area (Å²) in [6.07, 6.45) is -2.61. The summed E-state index contributed by atoms with van der Waals surface area (Å²) in [6.45, 7) is 7.00. The van der Waals surface area contributed by atoms with Crippen LogP contribution in [0.1, 0.15) is 38.3 Å². The number of aromatic nitrogens is 4. The first-order valence-corrected chi connectivity index (χ1v) is 14.1. The fraction of sp³-hybridized carbons (Fsp3) is 0.462. The van der Waals surface area contributed by atoms with Crippen LogP contribution in [0.3, 0.4) is 0 Å². The van der Waals surface area contributed by atoms with Crippen molar-refractivity contribution in [3.05, 3.63) is 45.9 Å². The number of hydrogen-bond acceptors (Lipinski definition) is 9. The molecule has 0 N–H and O–H groups in total. The Morgan fingerprint density at radius 2 is 1.95 bits per heavy atom. The van der Waals surface area contributed by atoms with Gasteiger partial charge in [-0.15, -0.1) is 0 Å². The Morgan fingerprint density at radius 3 is 2.56 bits per heavy atom. The molecule has 1 aromatic carbocycles. The number of ether oxygens (including phenoxy) is 1. The largest absolute Gasteiger partial charge is 0.609 e. The number of benzene rings is 1. The lowest BCUT2D eigenvalue weighted by atomic mass is 10.1. The highest BCUT2D eigenvalue weighted by Crippen LogP contribution is 2.34. The Labute approximate surface area is 236 Å². The number of anilines is 1. The fourth-order valence-electron chi connectivity index (χ4n) is 4.58. The number of piperazine rings is 1. The third kappa shape index (κ3) is 6.23. The first-order valence-electron chi connectivity index (χ1n) is 12.5. The Hall–Kier alpha value is -3.90. The lowest BCUT2D eigenvalue weighted by molar-refractivity contribution is -0.138. The molecule has 3 aromatic rings. The van der Waals surface area contributed by atoms with Gasteiger partial charge in [-0.1, -0.05) is 6.07 Å². The maximum atomic E-state index is 13.6. The van der Waals surface area contributed by atoms with Crippen molar-refractivity contribution in [2.45, 2.75) is 57.1 Å². The zero-order valence-corrected chi connectivity index (χ0v) is 23.8. The van der Waals surface area contributed by atoms with Gasteiger partial charge in [-0.05, 0) is 45.4 Å². The number of nitrogens with zero attached hydrogens (tertiary/aromatic N) is 7. The van der Waals surface area contributed by atoms with E-state index in [-0.39, 0.29) is 59.2 Å². The predicted molar refractivity (Wildman–Crippen MR) is 144 cm³/mol. The molecule has 4 rings (SSSR count). The highest BCUT2D eigenvalue weighted by atomic mass is 32.2. The summed E-state index contributed by atoms with van der Waals surface area (Å²) in [4.78, 5) is 38.2. The van der Waals surface area contributed by atoms with Gasteiger partial charge in [-0.25, -0.2) is 4.79 Å². The van der Waals surface area contributed by atoms with Gasteiger partial charge in [-0.3, -0.25) is 4.79 Å². The van der Waals surface area contributed by atoms with Crippen LogP contribution >= 0.6 is 0 Å². The average Bonchev–Trinajstić information content (AvgIpc) is 2.87. The fourth-order valence-corrected chi connectivity index (χ4v) is 5.01. The Balaban J connectivity index is 1.81. The normalized spacial score (nSPS) is 16.9. The van der Waals surface area contributed by atoms with Gasteiger partial charge in [0, 0.05) is 30.8 Å². The van der Waals surface area contributed by atoms with Gasteiger partial charge in [0.2, 0.25) is 0 Å². The smallest absolute Gasteiger partial charge is 0.416 e. The van der Waals surface area contributed by atoms with Gasteiger partial charge in [0.25, 0.3) is 5.56 Å². The third-order valence-electron chi connectivity index (χ3n) is 6.44. The van der Waals surface area contributed by atoms with Crippen molar-refractivity contribution < 1.29 is 27.3 Å². The number of fused-ring (bicyclic) bond motifs is 1. The standard InChI is InChI=1S/C26H28F3N7O4S/c1-15-18(26(27,28)29)7-6-8-19(15)36-22(37)20-17(13-31-36)21(33-23(32-20)41(5)39)34-11-12-35(16(14-34)9-10-30)24(38)40-25(2,3)4/h6-8,13,16H,9,11-12,14H2,1-5H3. The number of rotatable bonds is 4. The molecule has 0 saturated carbocycles. The van der Waals surface area contributed by atoms with Crippen molar-refractivity contribution >= 4 is 34.0 Å². The van der Waals surface area contributed by atoms with Crippen molar-refractivity contribution in [1.29, 1.82) is 5.26 Å². The lowest BCUT2D eigenvalue weighted by Crippen LogP contribution is -2.56. The van der Waals surface area contributed by atoms with Crippen LogP contribution in [-0.2, 0) is 22.1 Å². The van der Waals surface area contributed by atoms with E-state index in [1.54, 1.807) is 25.7 Å². The number of halogens is 3. The molecule has 2 aromatic heterocycles. The summed E-state index contributed by atoms with van der Waals surface area (Å²) in [7, 11) is 0. The number of nitriles is 1. The number of carbonyl (C=O) groups is 1. The number of amides is 1. The molecular weight excluding hydrogens is 563 g/mol. The Morgan fingerprint density at radius 1 is 1.24 bits per heavy atom. The molecule has 1 aliphatic heterocycles. The molecule has 1 saturated heterocycles.